The molecule has 13 heteroatoms. The zero-order valence-corrected chi connectivity index (χ0v) is 30.3. The number of rotatable bonds is 9. The van der Waals surface area contributed by atoms with Gasteiger partial charge in [-0.1, -0.05) is 24.3 Å². The molecule has 2 N–H and O–H groups in total. The van der Waals surface area contributed by atoms with E-state index in [4.69, 9.17) is 5.11 Å². The van der Waals surface area contributed by atoms with E-state index in [9.17, 15) is 19.2 Å². The first kappa shape index (κ1) is 34.8. The van der Waals surface area contributed by atoms with Gasteiger partial charge in [0.15, 0.2) is 0 Å². The Morgan fingerprint density at radius 3 is 2.19 bits per heavy atom. The van der Waals surface area contributed by atoms with Crippen LogP contribution in [0.3, 0.4) is 0 Å². The molecular formula is C35H44Br2N6O5. The second-order valence-electron chi connectivity index (χ2n) is 13.4. The lowest BCUT2D eigenvalue weighted by Gasteiger charge is -2.43. The van der Waals surface area contributed by atoms with Gasteiger partial charge in [-0.15, -0.1) is 0 Å². The second-order valence-corrected chi connectivity index (χ2v) is 15.2. The average molecular weight is 789 g/mol. The van der Waals surface area contributed by atoms with E-state index in [0.29, 0.717) is 58.0 Å². The first-order chi connectivity index (χ1) is 23.1. The molecule has 11 nitrogen and oxygen atoms in total. The molecule has 6 rings (SSSR count). The summed E-state index contributed by atoms with van der Waals surface area (Å²) in [6.45, 7) is 6.25. The van der Waals surface area contributed by atoms with Crippen LogP contribution in [0.1, 0.15) is 43.2 Å². The van der Waals surface area contributed by atoms with E-state index in [-0.39, 0.29) is 36.9 Å². The highest BCUT2D eigenvalue weighted by atomic mass is 79.9. The maximum absolute atomic E-state index is 14.1. The van der Waals surface area contributed by atoms with Crippen molar-refractivity contribution in [3.05, 3.63) is 62.5 Å². The highest BCUT2D eigenvalue weighted by Crippen LogP contribution is 2.30. The van der Waals surface area contributed by atoms with Gasteiger partial charge in [-0.05, 0) is 93.3 Å². The van der Waals surface area contributed by atoms with Crippen LogP contribution in [0, 0.1) is 5.92 Å². The SMILES string of the molecule is O=C(O)CN1CCN(C2CCN(C(=O)C(CC(=O)N3CCC(N4Cc5ccccc5NC4=O)CC3)Cc3ccc(Br)c(Br)c3)CC2)CC1. The molecule has 0 radical (unpaired) electrons. The lowest BCUT2D eigenvalue weighted by Crippen LogP contribution is -2.55. The minimum Gasteiger partial charge on any atom is -0.480 e. The first-order valence-corrected chi connectivity index (χ1v) is 18.6. The van der Waals surface area contributed by atoms with E-state index in [2.05, 4.69) is 42.1 Å². The Morgan fingerprint density at radius 1 is 0.833 bits per heavy atom. The number of halogens is 2. The highest BCUT2D eigenvalue weighted by molar-refractivity contribution is 9.13. The predicted molar refractivity (Wildman–Crippen MR) is 190 cm³/mol. The highest BCUT2D eigenvalue weighted by Gasteiger charge is 2.36. The summed E-state index contributed by atoms with van der Waals surface area (Å²) in [5.41, 5.74) is 2.96. The molecule has 1 unspecified atom stereocenters. The van der Waals surface area contributed by atoms with E-state index in [1.54, 1.807) is 0 Å². The third-order valence-corrected chi connectivity index (χ3v) is 12.3. The minimum atomic E-state index is -0.790. The fraction of sp³-hybridized carbons (Fsp3) is 0.543. The number of fused-ring (bicyclic) bond motifs is 1. The van der Waals surface area contributed by atoms with E-state index >= 15 is 0 Å². The van der Waals surface area contributed by atoms with Crippen LogP contribution in [0.25, 0.3) is 0 Å². The van der Waals surface area contributed by atoms with Gasteiger partial charge in [0.2, 0.25) is 11.8 Å². The van der Waals surface area contributed by atoms with Gasteiger partial charge in [0.25, 0.3) is 0 Å². The largest absolute Gasteiger partial charge is 0.480 e. The fourth-order valence-electron chi connectivity index (χ4n) is 7.67. The average Bonchev–Trinajstić information content (AvgIpc) is 3.09. The summed E-state index contributed by atoms with van der Waals surface area (Å²) in [5.74, 6) is -1.23. The summed E-state index contributed by atoms with van der Waals surface area (Å²) in [4.78, 5) is 62.0. The zero-order valence-electron chi connectivity index (χ0n) is 27.2. The number of benzene rings is 2. The monoisotopic (exact) mass is 786 g/mol. The Hall–Kier alpha value is -3.00. The Morgan fingerprint density at radius 2 is 1.50 bits per heavy atom. The molecule has 3 saturated heterocycles. The molecule has 0 aliphatic carbocycles. The maximum atomic E-state index is 14.1. The molecule has 1 atom stereocenters. The number of carbonyl (C=O) groups is 4. The number of hydrogen-bond acceptors (Lipinski definition) is 6. The molecular weight excluding hydrogens is 744 g/mol. The van der Waals surface area contributed by atoms with E-state index in [0.717, 1.165) is 64.8 Å². The van der Waals surface area contributed by atoms with Gasteiger partial charge in [0.05, 0.1) is 12.5 Å². The van der Waals surface area contributed by atoms with Crippen LogP contribution in [-0.2, 0) is 27.3 Å². The molecule has 0 bridgehead atoms. The number of carbonyl (C=O) groups excluding carboxylic acids is 3. The molecule has 0 saturated carbocycles. The summed E-state index contributed by atoms with van der Waals surface area (Å²) >= 11 is 7.12. The number of anilines is 1. The summed E-state index contributed by atoms with van der Waals surface area (Å²) < 4.78 is 1.85. The van der Waals surface area contributed by atoms with Gasteiger partial charge in [-0.2, -0.15) is 0 Å². The minimum absolute atomic E-state index is 0.00876. The van der Waals surface area contributed by atoms with E-state index in [1.807, 2.05) is 62.1 Å². The molecule has 4 aliphatic rings. The molecule has 0 aromatic heterocycles. The lowest BCUT2D eigenvalue weighted by atomic mass is 9.92. The fourth-order valence-corrected chi connectivity index (χ4v) is 8.34. The van der Waals surface area contributed by atoms with Crippen molar-refractivity contribution in [2.45, 2.75) is 57.2 Å². The Bertz CT molecular complexity index is 1500. The predicted octanol–water partition coefficient (Wildman–Crippen LogP) is 4.49. The summed E-state index contributed by atoms with van der Waals surface area (Å²) in [6, 6.07) is 14.2. The van der Waals surface area contributed by atoms with Crippen LogP contribution >= 0.6 is 31.9 Å². The maximum Gasteiger partial charge on any atom is 0.322 e. The van der Waals surface area contributed by atoms with E-state index in [1.165, 1.54) is 0 Å². The van der Waals surface area contributed by atoms with Crippen LogP contribution < -0.4 is 5.32 Å². The third-order valence-electron chi connectivity index (χ3n) is 10.4. The van der Waals surface area contributed by atoms with Gasteiger partial charge in [0, 0.05) is 92.0 Å². The number of aliphatic carboxylic acids is 1. The van der Waals surface area contributed by atoms with Crippen molar-refractivity contribution in [3.63, 3.8) is 0 Å². The van der Waals surface area contributed by atoms with Gasteiger partial charge < -0.3 is 25.1 Å². The molecule has 4 heterocycles. The number of urea groups is 1. The molecule has 2 aromatic carbocycles. The first-order valence-electron chi connectivity index (χ1n) is 17.0. The topological polar surface area (TPSA) is 117 Å². The number of nitrogens with zero attached hydrogens (tertiary/aromatic N) is 5. The van der Waals surface area contributed by atoms with Crippen molar-refractivity contribution < 1.29 is 24.3 Å². The van der Waals surface area contributed by atoms with Crippen LogP contribution in [0.15, 0.2) is 51.4 Å². The van der Waals surface area contributed by atoms with Crippen molar-refractivity contribution >= 4 is 61.4 Å². The number of piperidine rings is 2. The molecule has 4 aliphatic heterocycles. The Kier molecular flexibility index (Phi) is 11.4. The number of piperazine rings is 1. The van der Waals surface area contributed by atoms with Gasteiger partial charge in [-0.3, -0.25) is 24.2 Å². The van der Waals surface area contributed by atoms with Gasteiger partial charge in [0.1, 0.15) is 0 Å². The van der Waals surface area contributed by atoms with Crippen LogP contribution in [-0.4, -0.2) is 124 Å². The van der Waals surface area contributed by atoms with Crippen molar-refractivity contribution in [3.8, 4) is 0 Å². The van der Waals surface area contributed by atoms with Gasteiger partial charge >= 0.3 is 12.0 Å². The van der Waals surface area contributed by atoms with Crippen molar-refractivity contribution in [1.82, 2.24) is 24.5 Å². The lowest BCUT2D eigenvalue weighted by molar-refractivity contribution is -0.143. The number of carboxylic acids is 1. The second kappa shape index (κ2) is 15.7. The number of hydrogen-bond donors (Lipinski definition) is 2. The summed E-state index contributed by atoms with van der Waals surface area (Å²) in [6.07, 6.45) is 3.79. The number of carboxylic acid groups (broad SMARTS) is 1. The Labute approximate surface area is 298 Å². The Balaban J connectivity index is 1.05. The molecule has 3 fully saturated rings. The molecule has 48 heavy (non-hydrogen) atoms. The smallest absolute Gasteiger partial charge is 0.322 e. The van der Waals surface area contributed by atoms with E-state index < -0.39 is 11.9 Å². The number of amides is 4. The number of likely N-dealkylation sites (tertiary alicyclic amines) is 2. The van der Waals surface area contributed by atoms with Crippen LogP contribution in [0.5, 0.6) is 0 Å². The van der Waals surface area contributed by atoms with Gasteiger partial charge in [-0.25, -0.2) is 4.79 Å². The number of nitrogens with one attached hydrogen (secondary N) is 1. The molecule has 4 amide bonds. The molecule has 258 valence electrons. The van der Waals surface area contributed by atoms with Crippen LogP contribution in [0.4, 0.5) is 10.5 Å². The van der Waals surface area contributed by atoms with Crippen molar-refractivity contribution in [1.29, 1.82) is 0 Å². The zero-order chi connectivity index (χ0) is 33.8. The van der Waals surface area contributed by atoms with Crippen molar-refractivity contribution in [2.75, 3.05) is 64.2 Å². The number of para-hydroxylation sites is 1. The quantitative estimate of drug-likeness (QED) is 0.385. The van der Waals surface area contributed by atoms with Crippen LogP contribution in [0.2, 0.25) is 0 Å². The third kappa shape index (κ3) is 8.40. The molecule has 2 aromatic rings. The standard InChI is InChI=1S/C35H44Br2N6O5/c36-29-6-5-24(20-30(29)37)19-26(34(47)42-13-7-27(8-14-42)40-17-15-39(16-18-40)23-33(45)46)21-32(44)41-11-9-28(10-12-41)43-22-25-3-1-2-4-31(25)38-35(43)48/h1-6,20,26-28H,7-19,21-23H2,(H,38,48)(H,45,46). The van der Waals surface area contributed by atoms with Crippen molar-refractivity contribution in [2.24, 2.45) is 5.92 Å². The normalized spacial score (nSPS) is 20.7. The summed E-state index contributed by atoms with van der Waals surface area (Å²) in [7, 11) is 0. The summed E-state index contributed by atoms with van der Waals surface area (Å²) in [5, 5.41) is 12.1. The molecule has 0 spiro atoms.